The van der Waals surface area contributed by atoms with Crippen molar-refractivity contribution in [2.75, 3.05) is 0 Å². The van der Waals surface area contributed by atoms with Gasteiger partial charge >= 0.3 is 6.18 Å². The van der Waals surface area contributed by atoms with Crippen LogP contribution in [-0.4, -0.2) is 22.0 Å². The van der Waals surface area contributed by atoms with Crippen LogP contribution in [-0.2, 0) is 13.0 Å². The standard InChI is InChI=1S/C10H15BrF3N3/c1-3-17-8(9(11)6(2)16-17)4-7(15)5-10(12,13)14/h7H,3-5,15H2,1-2H3. The lowest BCUT2D eigenvalue weighted by Gasteiger charge is -2.15. The molecule has 7 heteroatoms. The van der Waals surface area contributed by atoms with Gasteiger partial charge in [-0.25, -0.2) is 0 Å². The average molecular weight is 314 g/mol. The molecular formula is C10H15BrF3N3. The normalized spacial score (nSPS) is 14.1. The molecular weight excluding hydrogens is 299 g/mol. The van der Waals surface area contributed by atoms with E-state index in [0.29, 0.717) is 6.54 Å². The number of nitrogens with zero attached hydrogens (tertiary/aromatic N) is 2. The second kappa shape index (κ2) is 5.39. The van der Waals surface area contributed by atoms with E-state index in [4.69, 9.17) is 5.73 Å². The van der Waals surface area contributed by atoms with Crippen molar-refractivity contribution in [3.63, 3.8) is 0 Å². The van der Waals surface area contributed by atoms with Gasteiger partial charge in [0.1, 0.15) is 0 Å². The highest BCUT2D eigenvalue weighted by Gasteiger charge is 2.31. The molecule has 1 heterocycles. The van der Waals surface area contributed by atoms with Crippen molar-refractivity contribution >= 4 is 15.9 Å². The van der Waals surface area contributed by atoms with Gasteiger partial charge in [-0.2, -0.15) is 18.3 Å². The number of aromatic nitrogens is 2. The van der Waals surface area contributed by atoms with E-state index in [1.54, 1.807) is 11.6 Å². The highest BCUT2D eigenvalue weighted by Crippen LogP contribution is 2.26. The maximum absolute atomic E-state index is 12.2. The summed E-state index contributed by atoms with van der Waals surface area (Å²) in [5.74, 6) is 0. The van der Waals surface area contributed by atoms with Crippen LogP contribution in [0.3, 0.4) is 0 Å². The van der Waals surface area contributed by atoms with Crippen molar-refractivity contribution in [1.29, 1.82) is 0 Å². The lowest BCUT2D eigenvalue weighted by Crippen LogP contribution is -2.30. The molecule has 0 aliphatic carbocycles. The molecule has 1 atom stereocenters. The number of hydrogen-bond donors (Lipinski definition) is 1. The molecule has 0 saturated carbocycles. The Bertz CT molecular complexity index is 387. The maximum Gasteiger partial charge on any atom is 0.390 e. The van der Waals surface area contributed by atoms with E-state index in [-0.39, 0.29) is 6.42 Å². The van der Waals surface area contributed by atoms with Gasteiger partial charge in [-0.1, -0.05) is 0 Å². The van der Waals surface area contributed by atoms with E-state index >= 15 is 0 Å². The quantitative estimate of drug-likeness (QED) is 0.929. The summed E-state index contributed by atoms with van der Waals surface area (Å²) in [6, 6.07) is -0.937. The predicted octanol–water partition coefficient (Wildman–Crippen LogP) is 2.80. The molecule has 0 aliphatic heterocycles. The van der Waals surface area contributed by atoms with Gasteiger partial charge in [0.15, 0.2) is 0 Å². The number of rotatable bonds is 4. The van der Waals surface area contributed by atoms with E-state index < -0.39 is 18.6 Å². The Morgan fingerprint density at radius 3 is 2.53 bits per heavy atom. The fourth-order valence-corrected chi connectivity index (χ4v) is 2.13. The van der Waals surface area contributed by atoms with Crippen LogP contribution in [0.5, 0.6) is 0 Å². The SMILES string of the molecule is CCn1nc(C)c(Br)c1CC(N)CC(F)(F)F. The fourth-order valence-electron chi connectivity index (χ4n) is 1.68. The van der Waals surface area contributed by atoms with Crippen LogP contribution in [0, 0.1) is 6.92 Å². The molecule has 1 unspecified atom stereocenters. The summed E-state index contributed by atoms with van der Waals surface area (Å²) in [6.45, 7) is 4.30. The van der Waals surface area contributed by atoms with Gasteiger partial charge in [-0.05, 0) is 29.8 Å². The number of halogens is 4. The molecule has 2 N–H and O–H groups in total. The molecule has 0 aliphatic rings. The highest BCUT2D eigenvalue weighted by atomic mass is 79.9. The smallest absolute Gasteiger partial charge is 0.327 e. The first-order chi connectivity index (χ1) is 7.74. The minimum Gasteiger partial charge on any atom is -0.327 e. The van der Waals surface area contributed by atoms with E-state index in [0.717, 1.165) is 15.9 Å². The molecule has 98 valence electrons. The summed E-state index contributed by atoms with van der Waals surface area (Å²) in [5, 5.41) is 4.21. The maximum atomic E-state index is 12.2. The Balaban J connectivity index is 2.80. The van der Waals surface area contributed by atoms with E-state index in [1.807, 2.05) is 6.92 Å². The zero-order valence-corrected chi connectivity index (χ0v) is 11.3. The van der Waals surface area contributed by atoms with Crippen LogP contribution in [0.2, 0.25) is 0 Å². The van der Waals surface area contributed by atoms with Gasteiger partial charge in [0.25, 0.3) is 0 Å². The number of alkyl halides is 3. The summed E-state index contributed by atoms with van der Waals surface area (Å²) >= 11 is 3.33. The largest absolute Gasteiger partial charge is 0.390 e. The monoisotopic (exact) mass is 313 g/mol. The molecule has 0 saturated heterocycles. The third-order valence-corrected chi connectivity index (χ3v) is 3.43. The molecule has 17 heavy (non-hydrogen) atoms. The zero-order chi connectivity index (χ0) is 13.2. The first-order valence-electron chi connectivity index (χ1n) is 5.28. The van der Waals surface area contributed by atoms with Crippen molar-refractivity contribution in [3.05, 3.63) is 15.9 Å². The van der Waals surface area contributed by atoms with Crippen molar-refractivity contribution in [2.24, 2.45) is 5.73 Å². The molecule has 0 fully saturated rings. The van der Waals surface area contributed by atoms with E-state index in [9.17, 15) is 13.2 Å². The van der Waals surface area contributed by atoms with Gasteiger partial charge in [0.05, 0.1) is 22.3 Å². The van der Waals surface area contributed by atoms with Crippen molar-refractivity contribution < 1.29 is 13.2 Å². The summed E-state index contributed by atoms with van der Waals surface area (Å²) in [5.41, 5.74) is 7.00. The van der Waals surface area contributed by atoms with Crippen LogP contribution in [0.25, 0.3) is 0 Å². The number of aryl methyl sites for hydroxylation is 2. The second-order valence-corrected chi connectivity index (χ2v) is 4.74. The first kappa shape index (κ1) is 14.5. The van der Waals surface area contributed by atoms with Crippen LogP contribution in [0.15, 0.2) is 4.47 Å². The van der Waals surface area contributed by atoms with E-state index in [1.165, 1.54) is 0 Å². The predicted molar refractivity (Wildman–Crippen MR) is 62.7 cm³/mol. The highest BCUT2D eigenvalue weighted by molar-refractivity contribution is 9.10. The molecule has 1 aromatic heterocycles. The third-order valence-electron chi connectivity index (χ3n) is 2.40. The molecule has 0 amide bonds. The van der Waals surface area contributed by atoms with Gasteiger partial charge in [0, 0.05) is 19.0 Å². The minimum atomic E-state index is -4.22. The van der Waals surface area contributed by atoms with Gasteiger partial charge in [-0.15, -0.1) is 0 Å². The topological polar surface area (TPSA) is 43.8 Å². The van der Waals surface area contributed by atoms with Gasteiger partial charge in [0.2, 0.25) is 0 Å². The molecule has 0 spiro atoms. The van der Waals surface area contributed by atoms with Crippen molar-refractivity contribution in [2.45, 2.75) is 45.5 Å². The second-order valence-electron chi connectivity index (χ2n) is 3.95. The van der Waals surface area contributed by atoms with Crippen LogP contribution < -0.4 is 5.73 Å². The Kier molecular flexibility index (Phi) is 4.60. The Morgan fingerprint density at radius 1 is 1.47 bits per heavy atom. The van der Waals surface area contributed by atoms with Crippen molar-refractivity contribution in [1.82, 2.24) is 9.78 Å². The lowest BCUT2D eigenvalue weighted by atomic mass is 10.1. The van der Waals surface area contributed by atoms with Crippen LogP contribution >= 0.6 is 15.9 Å². The summed E-state index contributed by atoms with van der Waals surface area (Å²) in [4.78, 5) is 0. The molecule has 0 radical (unpaired) electrons. The molecule has 0 aromatic carbocycles. The summed E-state index contributed by atoms with van der Waals surface area (Å²) in [6.07, 6.45) is -5.04. The summed E-state index contributed by atoms with van der Waals surface area (Å²) < 4.78 is 39.0. The average Bonchev–Trinajstić information content (AvgIpc) is 2.42. The first-order valence-corrected chi connectivity index (χ1v) is 6.08. The third kappa shape index (κ3) is 3.99. The Labute approximate surface area is 106 Å². The van der Waals surface area contributed by atoms with Gasteiger partial charge < -0.3 is 5.73 Å². The van der Waals surface area contributed by atoms with Crippen molar-refractivity contribution in [3.8, 4) is 0 Å². The number of nitrogens with two attached hydrogens (primary N) is 1. The molecule has 0 bridgehead atoms. The fraction of sp³-hybridized carbons (Fsp3) is 0.700. The summed E-state index contributed by atoms with van der Waals surface area (Å²) in [7, 11) is 0. The van der Waals surface area contributed by atoms with Crippen LogP contribution in [0.4, 0.5) is 13.2 Å². The number of hydrogen-bond acceptors (Lipinski definition) is 2. The zero-order valence-electron chi connectivity index (χ0n) is 9.68. The minimum absolute atomic E-state index is 0.161. The van der Waals surface area contributed by atoms with E-state index in [2.05, 4.69) is 21.0 Å². The lowest BCUT2D eigenvalue weighted by molar-refractivity contribution is -0.138. The Hall–Kier alpha value is -0.560. The Morgan fingerprint density at radius 2 is 2.06 bits per heavy atom. The van der Waals surface area contributed by atoms with Gasteiger partial charge in [-0.3, -0.25) is 4.68 Å². The molecule has 1 rings (SSSR count). The van der Waals surface area contributed by atoms with Crippen LogP contribution in [0.1, 0.15) is 24.7 Å². The molecule has 1 aromatic rings. The molecule has 3 nitrogen and oxygen atoms in total.